The van der Waals surface area contributed by atoms with Crippen LogP contribution in [-0.2, 0) is 9.53 Å². The largest absolute Gasteiger partial charge is 0.465 e. The average molecular weight is 247 g/mol. The van der Waals surface area contributed by atoms with Crippen LogP contribution in [0.5, 0.6) is 0 Å². The summed E-state index contributed by atoms with van der Waals surface area (Å²) in [4.78, 5) is 22.4. The van der Waals surface area contributed by atoms with Crippen LogP contribution in [0.2, 0.25) is 0 Å². The zero-order chi connectivity index (χ0) is 13.0. The summed E-state index contributed by atoms with van der Waals surface area (Å²) in [5, 5.41) is 3.38. The van der Waals surface area contributed by atoms with Crippen LogP contribution < -0.4 is 5.32 Å². The third kappa shape index (κ3) is 3.09. The SMILES string of the molecule is COC(=O)c1ccc(NC2CCC(=O)CC2)cc1. The highest BCUT2D eigenvalue weighted by Crippen LogP contribution is 2.20. The van der Waals surface area contributed by atoms with Gasteiger partial charge in [0.2, 0.25) is 0 Å². The summed E-state index contributed by atoms with van der Waals surface area (Å²) >= 11 is 0. The van der Waals surface area contributed by atoms with Gasteiger partial charge in [0.15, 0.2) is 0 Å². The van der Waals surface area contributed by atoms with Crippen molar-refractivity contribution in [3.05, 3.63) is 29.8 Å². The number of anilines is 1. The molecule has 1 aliphatic rings. The first kappa shape index (κ1) is 12.6. The number of hydrogen-bond donors (Lipinski definition) is 1. The van der Waals surface area contributed by atoms with Crippen molar-refractivity contribution >= 4 is 17.4 Å². The van der Waals surface area contributed by atoms with Crippen molar-refractivity contribution in [3.8, 4) is 0 Å². The summed E-state index contributed by atoms with van der Waals surface area (Å²) in [5.74, 6) is 0.0268. The Morgan fingerprint density at radius 3 is 2.39 bits per heavy atom. The lowest BCUT2D eigenvalue weighted by atomic mass is 9.94. The molecular weight excluding hydrogens is 230 g/mol. The topological polar surface area (TPSA) is 55.4 Å². The first-order valence-corrected chi connectivity index (χ1v) is 6.15. The molecule has 0 unspecified atom stereocenters. The van der Waals surface area contributed by atoms with Gasteiger partial charge in [-0.3, -0.25) is 4.79 Å². The van der Waals surface area contributed by atoms with Gasteiger partial charge in [0.25, 0.3) is 0 Å². The van der Waals surface area contributed by atoms with Crippen molar-refractivity contribution in [2.75, 3.05) is 12.4 Å². The highest BCUT2D eigenvalue weighted by molar-refractivity contribution is 5.89. The fourth-order valence-electron chi connectivity index (χ4n) is 2.14. The molecule has 1 aromatic rings. The number of ketones is 1. The van der Waals surface area contributed by atoms with E-state index in [1.54, 1.807) is 12.1 Å². The molecule has 1 aliphatic carbocycles. The van der Waals surface area contributed by atoms with Gasteiger partial charge >= 0.3 is 5.97 Å². The van der Waals surface area contributed by atoms with Crippen molar-refractivity contribution in [1.29, 1.82) is 0 Å². The summed E-state index contributed by atoms with van der Waals surface area (Å²) in [5.41, 5.74) is 1.52. The normalized spacial score (nSPS) is 16.4. The summed E-state index contributed by atoms with van der Waals surface area (Å²) < 4.78 is 4.64. The smallest absolute Gasteiger partial charge is 0.337 e. The Hall–Kier alpha value is -1.84. The molecule has 0 amide bonds. The molecule has 0 aliphatic heterocycles. The molecule has 0 saturated heterocycles. The van der Waals surface area contributed by atoms with Crippen LogP contribution in [-0.4, -0.2) is 24.9 Å². The van der Waals surface area contributed by atoms with E-state index < -0.39 is 0 Å². The zero-order valence-corrected chi connectivity index (χ0v) is 10.4. The van der Waals surface area contributed by atoms with Crippen LogP contribution in [0.3, 0.4) is 0 Å². The molecule has 96 valence electrons. The summed E-state index contributed by atoms with van der Waals surface area (Å²) in [6.45, 7) is 0. The van der Waals surface area contributed by atoms with Gasteiger partial charge in [-0.15, -0.1) is 0 Å². The van der Waals surface area contributed by atoms with E-state index in [1.807, 2.05) is 12.1 Å². The lowest BCUT2D eigenvalue weighted by Gasteiger charge is -2.23. The molecule has 0 bridgehead atoms. The van der Waals surface area contributed by atoms with Gasteiger partial charge in [0.1, 0.15) is 5.78 Å². The van der Waals surface area contributed by atoms with Gasteiger partial charge in [-0.1, -0.05) is 0 Å². The maximum absolute atomic E-state index is 11.3. The molecule has 0 spiro atoms. The molecule has 18 heavy (non-hydrogen) atoms. The van der Waals surface area contributed by atoms with Crippen LogP contribution in [0.1, 0.15) is 36.0 Å². The highest BCUT2D eigenvalue weighted by Gasteiger charge is 2.18. The van der Waals surface area contributed by atoms with E-state index in [4.69, 9.17) is 0 Å². The lowest BCUT2D eigenvalue weighted by molar-refractivity contribution is -0.120. The zero-order valence-electron chi connectivity index (χ0n) is 10.4. The number of esters is 1. The molecule has 1 aromatic carbocycles. The Morgan fingerprint density at radius 2 is 1.83 bits per heavy atom. The Kier molecular flexibility index (Phi) is 3.97. The highest BCUT2D eigenvalue weighted by atomic mass is 16.5. The van der Waals surface area contributed by atoms with E-state index in [1.165, 1.54) is 7.11 Å². The molecule has 4 heteroatoms. The monoisotopic (exact) mass is 247 g/mol. The fourth-order valence-corrected chi connectivity index (χ4v) is 2.14. The van der Waals surface area contributed by atoms with Gasteiger partial charge in [-0.25, -0.2) is 4.79 Å². The van der Waals surface area contributed by atoms with Crippen molar-refractivity contribution < 1.29 is 14.3 Å². The first-order chi connectivity index (χ1) is 8.69. The van der Waals surface area contributed by atoms with Gasteiger partial charge in [0, 0.05) is 24.6 Å². The number of ether oxygens (including phenoxy) is 1. The van der Waals surface area contributed by atoms with Crippen molar-refractivity contribution in [3.63, 3.8) is 0 Å². The Labute approximate surface area is 106 Å². The Balaban J connectivity index is 1.94. The summed E-state index contributed by atoms with van der Waals surface area (Å²) in [6.07, 6.45) is 3.10. The Bertz CT molecular complexity index is 429. The van der Waals surface area contributed by atoms with Crippen molar-refractivity contribution in [2.45, 2.75) is 31.7 Å². The molecule has 0 radical (unpaired) electrons. The number of benzene rings is 1. The quantitative estimate of drug-likeness (QED) is 0.833. The molecule has 4 nitrogen and oxygen atoms in total. The molecular formula is C14H17NO3. The van der Waals surface area contributed by atoms with Crippen LogP contribution in [0.4, 0.5) is 5.69 Å². The molecule has 0 atom stereocenters. The minimum atomic E-state index is -0.329. The number of rotatable bonds is 3. The number of carbonyl (C=O) groups is 2. The predicted molar refractivity (Wildman–Crippen MR) is 68.7 cm³/mol. The number of methoxy groups -OCH3 is 1. The van der Waals surface area contributed by atoms with E-state index in [-0.39, 0.29) is 5.97 Å². The van der Waals surface area contributed by atoms with Crippen molar-refractivity contribution in [1.82, 2.24) is 0 Å². The second-order valence-electron chi connectivity index (χ2n) is 4.53. The lowest BCUT2D eigenvalue weighted by Crippen LogP contribution is -2.25. The van der Waals surface area contributed by atoms with Crippen LogP contribution >= 0.6 is 0 Å². The van der Waals surface area contributed by atoms with E-state index in [0.717, 1.165) is 18.5 Å². The average Bonchev–Trinajstić information content (AvgIpc) is 2.41. The van der Waals surface area contributed by atoms with Gasteiger partial charge in [-0.2, -0.15) is 0 Å². The molecule has 0 heterocycles. The maximum Gasteiger partial charge on any atom is 0.337 e. The Morgan fingerprint density at radius 1 is 1.22 bits per heavy atom. The molecule has 0 aromatic heterocycles. The number of nitrogens with one attached hydrogen (secondary N) is 1. The molecule has 2 rings (SSSR count). The van der Waals surface area contributed by atoms with Crippen molar-refractivity contribution in [2.24, 2.45) is 0 Å². The van der Waals surface area contributed by atoms with Crippen LogP contribution in [0.15, 0.2) is 24.3 Å². The summed E-state index contributed by atoms with van der Waals surface area (Å²) in [7, 11) is 1.37. The number of carbonyl (C=O) groups excluding carboxylic acids is 2. The second-order valence-corrected chi connectivity index (χ2v) is 4.53. The second kappa shape index (κ2) is 5.67. The molecule has 1 N–H and O–H groups in total. The van der Waals surface area contributed by atoms with E-state index in [9.17, 15) is 9.59 Å². The predicted octanol–water partition coefficient (Wildman–Crippen LogP) is 2.40. The fraction of sp³-hybridized carbons (Fsp3) is 0.429. The minimum absolute atomic E-state index is 0.329. The standard InChI is InChI=1S/C14H17NO3/c1-18-14(17)10-2-4-11(5-3-10)15-12-6-8-13(16)9-7-12/h2-5,12,15H,6-9H2,1H3. The van der Waals surface area contributed by atoms with E-state index >= 15 is 0 Å². The molecule has 1 saturated carbocycles. The maximum atomic E-state index is 11.3. The third-order valence-corrected chi connectivity index (χ3v) is 3.22. The molecule has 1 fully saturated rings. The van der Waals surface area contributed by atoms with Crippen LogP contribution in [0, 0.1) is 0 Å². The number of Topliss-reactive ketones (excluding diaryl/α,β-unsaturated/α-hetero) is 1. The van der Waals surface area contributed by atoms with E-state index in [2.05, 4.69) is 10.1 Å². The first-order valence-electron chi connectivity index (χ1n) is 6.15. The van der Waals surface area contributed by atoms with Crippen LogP contribution in [0.25, 0.3) is 0 Å². The van der Waals surface area contributed by atoms with Gasteiger partial charge in [0.05, 0.1) is 12.7 Å². The summed E-state index contributed by atoms with van der Waals surface area (Å²) in [6, 6.07) is 7.56. The number of hydrogen-bond acceptors (Lipinski definition) is 4. The van der Waals surface area contributed by atoms with E-state index in [0.29, 0.717) is 30.2 Å². The van der Waals surface area contributed by atoms with Gasteiger partial charge in [-0.05, 0) is 37.1 Å². The third-order valence-electron chi connectivity index (χ3n) is 3.22. The van der Waals surface area contributed by atoms with Gasteiger partial charge < -0.3 is 10.1 Å². The minimum Gasteiger partial charge on any atom is -0.465 e.